The van der Waals surface area contributed by atoms with Gasteiger partial charge in [-0.05, 0) is 11.6 Å². The monoisotopic (exact) mass is 283 g/mol. The second-order valence-electron chi connectivity index (χ2n) is 3.96. The predicted octanol–water partition coefficient (Wildman–Crippen LogP) is 0.195. The first-order chi connectivity index (χ1) is 9.54. The molecule has 0 aliphatic heterocycles. The first kappa shape index (κ1) is 15.9. The summed E-state index contributed by atoms with van der Waals surface area (Å²) in [5, 5.41) is 13.9. The Labute approximate surface area is 116 Å². The largest absolute Gasteiger partial charge is 0.490 e. The van der Waals surface area contributed by atoms with Crippen molar-refractivity contribution in [1.29, 1.82) is 0 Å². The molecule has 0 fully saturated rings. The van der Waals surface area contributed by atoms with E-state index in [1.54, 1.807) is 12.1 Å². The number of benzene rings is 1. The zero-order valence-corrected chi connectivity index (χ0v) is 11.1. The zero-order chi connectivity index (χ0) is 15.0. The van der Waals surface area contributed by atoms with Crippen molar-refractivity contribution in [2.75, 3.05) is 26.9 Å². The van der Waals surface area contributed by atoms with Gasteiger partial charge in [-0.2, -0.15) is 0 Å². The molecule has 1 aromatic rings. The summed E-state index contributed by atoms with van der Waals surface area (Å²) in [6, 6.07) is 4.75. The molecule has 8 heteroatoms. The third kappa shape index (κ3) is 5.21. The van der Waals surface area contributed by atoms with Crippen molar-refractivity contribution in [2.24, 2.45) is 5.73 Å². The van der Waals surface area contributed by atoms with E-state index in [-0.39, 0.29) is 18.0 Å². The van der Waals surface area contributed by atoms with Gasteiger partial charge in [-0.1, -0.05) is 6.07 Å². The molecule has 0 heterocycles. The second kappa shape index (κ2) is 8.08. The van der Waals surface area contributed by atoms with Crippen molar-refractivity contribution < 1.29 is 19.2 Å². The Kier molecular flexibility index (Phi) is 6.41. The lowest BCUT2D eigenvalue weighted by Crippen LogP contribution is -2.23. The van der Waals surface area contributed by atoms with Crippen LogP contribution in [0.15, 0.2) is 18.2 Å². The third-order valence-electron chi connectivity index (χ3n) is 2.44. The molecule has 0 aliphatic carbocycles. The Balaban J connectivity index is 2.42. The molecule has 0 spiro atoms. The van der Waals surface area contributed by atoms with Crippen LogP contribution in [-0.4, -0.2) is 37.7 Å². The maximum Gasteiger partial charge on any atom is 0.311 e. The van der Waals surface area contributed by atoms with E-state index in [4.69, 9.17) is 15.2 Å². The first-order valence-corrected chi connectivity index (χ1v) is 5.92. The summed E-state index contributed by atoms with van der Waals surface area (Å²) >= 11 is 0. The van der Waals surface area contributed by atoms with Crippen LogP contribution in [0.1, 0.15) is 5.56 Å². The van der Waals surface area contributed by atoms with E-state index >= 15 is 0 Å². The molecule has 0 unspecified atom stereocenters. The molecule has 1 amide bonds. The number of nitro groups is 1. The van der Waals surface area contributed by atoms with Gasteiger partial charge in [0.25, 0.3) is 0 Å². The number of carbonyl (C=O) groups is 1. The van der Waals surface area contributed by atoms with E-state index in [9.17, 15) is 14.9 Å². The van der Waals surface area contributed by atoms with E-state index in [1.165, 1.54) is 13.2 Å². The molecule has 0 atom stereocenters. The zero-order valence-electron chi connectivity index (χ0n) is 11.1. The minimum atomic E-state index is -0.518. The van der Waals surface area contributed by atoms with Gasteiger partial charge in [0.1, 0.15) is 6.61 Å². The highest BCUT2D eigenvalue weighted by atomic mass is 16.6. The molecule has 0 saturated carbocycles. The normalized spacial score (nSPS) is 10.2. The number of hydrogen-bond donors (Lipinski definition) is 2. The van der Waals surface area contributed by atoms with Gasteiger partial charge in [0.15, 0.2) is 5.75 Å². The summed E-state index contributed by atoms with van der Waals surface area (Å²) in [6.45, 7) is 1.18. The summed E-state index contributed by atoms with van der Waals surface area (Å²) in [6.07, 6.45) is 0. The Hall–Kier alpha value is -2.19. The summed E-state index contributed by atoms with van der Waals surface area (Å²) in [4.78, 5) is 20.8. The summed E-state index contributed by atoms with van der Waals surface area (Å²) < 4.78 is 9.88. The van der Waals surface area contributed by atoms with E-state index in [2.05, 4.69) is 5.32 Å². The molecule has 0 aromatic heterocycles. The molecule has 0 bridgehead atoms. The highest BCUT2D eigenvalue weighted by molar-refractivity contribution is 5.74. The van der Waals surface area contributed by atoms with Crippen LogP contribution in [0.3, 0.4) is 0 Å². The third-order valence-corrected chi connectivity index (χ3v) is 2.44. The van der Waals surface area contributed by atoms with Gasteiger partial charge in [0.05, 0.1) is 18.6 Å². The fourth-order valence-corrected chi connectivity index (χ4v) is 1.54. The summed E-state index contributed by atoms with van der Waals surface area (Å²) in [7, 11) is 1.39. The number of nitrogens with zero attached hydrogens (tertiary/aromatic N) is 1. The number of carbonyl (C=O) groups excluding carboxylic acids is 1. The van der Waals surface area contributed by atoms with Gasteiger partial charge in [-0.3, -0.25) is 14.9 Å². The maximum absolute atomic E-state index is 10.9. The lowest BCUT2D eigenvalue weighted by Gasteiger charge is -2.07. The number of nitrogens with two attached hydrogens (primary N) is 1. The van der Waals surface area contributed by atoms with Gasteiger partial charge in [0.2, 0.25) is 5.91 Å². The SMILES string of the molecule is COc1ccc(CNCCOCC(N)=O)cc1[N+](=O)[O-]. The summed E-state index contributed by atoms with van der Waals surface area (Å²) in [5.41, 5.74) is 5.59. The Bertz CT molecular complexity index is 478. The van der Waals surface area contributed by atoms with Crippen molar-refractivity contribution in [1.82, 2.24) is 5.32 Å². The van der Waals surface area contributed by atoms with Crippen molar-refractivity contribution in [3.8, 4) is 5.75 Å². The number of hydrogen-bond acceptors (Lipinski definition) is 6. The van der Waals surface area contributed by atoms with Crippen LogP contribution in [0.25, 0.3) is 0 Å². The minimum absolute atomic E-state index is 0.0724. The number of nitrogens with one attached hydrogen (secondary N) is 1. The number of ether oxygens (including phenoxy) is 2. The van der Waals surface area contributed by atoms with Crippen LogP contribution in [0.2, 0.25) is 0 Å². The number of amides is 1. The molecular weight excluding hydrogens is 266 g/mol. The molecular formula is C12H17N3O5. The molecule has 1 aromatic carbocycles. The Morgan fingerprint density at radius 1 is 1.50 bits per heavy atom. The lowest BCUT2D eigenvalue weighted by atomic mass is 10.2. The van der Waals surface area contributed by atoms with E-state index in [1.807, 2.05) is 0 Å². The fourth-order valence-electron chi connectivity index (χ4n) is 1.54. The van der Waals surface area contributed by atoms with Gasteiger partial charge < -0.3 is 20.5 Å². The van der Waals surface area contributed by atoms with Crippen LogP contribution in [0.5, 0.6) is 5.75 Å². The highest BCUT2D eigenvalue weighted by Gasteiger charge is 2.14. The van der Waals surface area contributed by atoms with Crippen LogP contribution < -0.4 is 15.8 Å². The maximum atomic E-state index is 10.9. The van der Waals surface area contributed by atoms with E-state index < -0.39 is 10.8 Å². The number of methoxy groups -OCH3 is 1. The van der Waals surface area contributed by atoms with Crippen molar-refractivity contribution >= 4 is 11.6 Å². The van der Waals surface area contributed by atoms with Crippen LogP contribution >= 0.6 is 0 Å². The molecule has 3 N–H and O–H groups in total. The van der Waals surface area contributed by atoms with Gasteiger partial charge in [-0.25, -0.2) is 0 Å². The molecule has 110 valence electrons. The molecule has 0 saturated heterocycles. The van der Waals surface area contributed by atoms with Crippen LogP contribution in [-0.2, 0) is 16.1 Å². The molecule has 0 radical (unpaired) electrons. The van der Waals surface area contributed by atoms with Crippen molar-refractivity contribution in [2.45, 2.75) is 6.54 Å². The minimum Gasteiger partial charge on any atom is -0.490 e. The highest BCUT2D eigenvalue weighted by Crippen LogP contribution is 2.27. The van der Waals surface area contributed by atoms with Crippen molar-refractivity contribution in [3.63, 3.8) is 0 Å². The van der Waals surface area contributed by atoms with E-state index in [0.29, 0.717) is 19.7 Å². The standard InChI is InChI=1S/C12H17N3O5/c1-19-11-3-2-9(6-10(11)15(17)18)7-14-4-5-20-8-12(13)16/h2-3,6,14H,4-5,7-8H2,1H3,(H2,13,16). The van der Waals surface area contributed by atoms with Crippen LogP contribution in [0.4, 0.5) is 5.69 Å². The second-order valence-corrected chi connectivity index (χ2v) is 3.96. The molecule has 20 heavy (non-hydrogen) atoms. The van der Waals surface area contributed by atoms with E-state index in [0.717, 1.165) is 5.56 Å². The number of primary amides is 1. The van der Waals surface area contributed by atoms with Gasteiger partial charge in [0, 0.05) is 19.2 Å². The fraction of sp³-hybridized carbons (Fsp3) is 0.417. The number of nitro benzene ring substituents is 1. The van der Waals surface area contributed by atoms with Gasteiger partial charge >= 0.3 is 5.69 Å². The average Bonchev–Trinajstić information content (AvgIpc) is 2.42. The van der Waals surface area contributed by atoms with Crippen LogP contribution in [0, 0.1) is 10.1 Å². The van der Waals surface area contributed by atoms with Crippen molar-refractivity contribution in [3.05, 3.63) is 33.9 Å². The predicted molar refractivity (Wildman–Crippen MR) is 71.4 cm³/mol. The Morgan fingerprint density at radius 2 is 2.25 bits per heavy atom. The molecule has 0 aliphatic rings. The average molecular weight is 283 g/mol. The first-order valence-electron chi connectivity index (χ1n) is 5.92. The summed E-state index contributed by atoms with van der Waals surface area (Å²) in [5.74, 6) is -0.292. The quantitative estimate of drug-likeness (QED) is 0.380. The topological polar surface area (TPSA) is 117 Å². The molecule has 8 nitrogen and oxygen atoms in total. The number of rotatable bonds is 9. The lowest BCUT2D eigenvalue weighted by molar-refractivity contribution is -0.385. The molecule has 1 rings (SSSR count). The van der Waals surface area contributed by atoms with Gasteiger partial charge in [-0.15, -0.1) is 0 Å². The smallest absolute Gasteiger partial charge is 0.311 e. The Morgan fingerprint density at radius 3 is 2.85 bits per heavy atom.